The van der Waals surface area contributed by atoms with Crippen molar-refractivity contribution in [2.45, 2.75) is 47.7 Å². The van der Waals surface area contributed by atoms with E-state index in [4.69, 9.17) is 0 Å². The first kappa shape index (κ1) is 12.8. The van der Waals surface area contributed by atoms with Crippen LogP contribution in [0.3, 0.4) is 0 Å². The third-order valence-electron chi connectivity index (χ3n) is 3.72. The molecule has 2 aliphatic rings. The van der Waals surface area contributed by atoms with E-state index in [1.807, 2.05) is 0 Å². The first-order valence-electron chi connectivity index (χ1n) is 7.05. The summed E-state index contributed by atoms with van der Waals surface area (Å²) in [7, 11) is 0. The predicted molar refractivity (Wildman–Crippen MR) is 75.6 cm³/mol. The van der Waals surface area contributed by atoms with Crippen LogP contribution in [-0.4, -0.2) is 30.8 Å². The van der Waals surface area contributed by atoms with Crippen LogP contribution in [0.1, 0.15) is 54.0 Å². The summed E-state index contributed by atoms with van der Waals surface area (Å²) in [5.74, 6) is 0.596. The highest BCUT2D eigenvalue weighted by molar-refractivity contribution is 7.99. The van der Waals surface area contributed by atoms with Crippen LogP contribution < -0.4 is 0 Å². The lowest BCUT2D eigenvalue weighted by Gasteiger charge is -2.08. The number of carbonyl (C=O) groups is 1. The van der Waals surface area contributed by atoms with E-state index >= 15 is 0 Å². The molecule has 6 nitrogen and oxygen atoms in total. The van der Waals surface area contributed by atoms with Crippen LogP contribution in [-0.2, 0) is 0 Å². The Balaban J connectivity index is 1.70. The molecule has 1 N–H and O–H groups in total. The van der Waals surface area contributed by atoms with E-state index < -0.39 is 5.97 Å². The molecule has 2 aromatic heterocycles. The van der Waals surface area contributed by atoms with Crippen molar-refractivity contribution in [3.05, 3.63) is 29.8 Å². The van der Waals surface area contributed by atoms with Crippen molar-refractivity contribution < 1.29 is 9.90 Å². The second kappa shape index (κ2) is 4.84. The zero-order valence-electron chi connectivity index (χ0n) is 11.3. The minimum Gasteiger partial charge on any atom is -0.476 e. The molecule has 0 unspecified atom stereocenters. The molecule has 0 spiro atoms. The van der Waals surface area contributed by atoms with Crippen LogP contribution in [0.2, 0.25) is 0 Å². The molecule has 0 radical (unpaired) electrons. The summed E-state index contributed by atoms with van der Waals surface area (Å²) >= 11 is 1.35. The summed E-state index contributed by atoms with van der Waals surface area (Å²) < 4.78 is 2.21. The van der Waals surface area contributed by atoms with Crippen molar-refractivity contribution in [3.8, 4) is 0 Å². The van der Waals surface area contributed by atoms with Crippen LogP contribution in [0.5, 0.6) is 0 Å². The maximum absolute atomic E-state index is 11.2. The molecule has 2 saturated carbocycles. The molecule has 0 atom stereocenters. The minimum absolute atomic E-state index is 0.0702. The Bertz CT molecular complexity index is 707. The van der Waals surface area contributed by atoms with E-state index in [1.54, 1.807) is 12.1 Å². The molecule has 21 heavy (non-hydrogen) atoms. The number of aromatic nitrogens is 4. The molecular weight excluding hydrogens is 288 g/mol. The summed E-state index contributed by atoms with van der Waals surface area (Å²) in [5.41, 5.74) is 0.0702. The lowest BCUT2D eigenvalue weighted by Crippen LogP contribution is -2.04. The SMILES string of the molecule is O=C(O)c1ncccc1Sc1nnc(C2CC2)n1C1CC1. The van der Waals surface area contributed by atoms with Crippen LogP contribution in [0.4, 0.5) is 0 Å². The van der Waals surface area contributed by atoms with Gasteiger partial charge in [-0.3, -0.25) is 0 Å². The summed E-state index contributed by atoms with van der Waals surface area (Å²) in [5, 5.41) is 18.6. The number of hydrogen-bond donors (Lipinski definition) is 1. The molecule has 7 heteroatoms. The highest BCUT2D eigenvalue weighted by Gasteiger charge is 2.36. The number of pyridine rings is 1. The van der Waals surface area contributed by atoms with Crippen molar-refractivity contribution in [2.75, 3.05) is 0 Å². The van der Waals surface area contributed by atoms with E-state index in [0.29, 0.717) is 16.9 Å². The zero-order chi connectivity index (χ0) is 14.4. The van der Waals surface area contributed by atoms with Gasteiger partial charge in [0.05, 0.1) is 0 Å². The Kier molecular flexibility index (Phi) is 2.95. The van der Waals surface area contributed by atoms with Gasteiger partial charge in [0.1, 0.15) is 5.82 Å². The van der Waals surface area contributed by atoms with Gasteiger partial charge in [-0.1, -0.05) is 0 Å². The van der Waals surface area contributed by atoms with Crippen LogP contribution in [0, 0.1) is 0 Å². The first-order chi connectivity index (χ1) is 10.2. The maximum Gasteiger partial charge on any atom is 0.355 e. The van der Waals surface area contributed by atoms with Crippen LogP contribution in [0.25, 0.3) is 0 Å². The van der Waals surface area contributed by atoms with E-state index in [1.165, 1.54) is 30.8 Å². The van der Waals surface area contributed by atoms with Crippen LogP contribution >= 0.6 is 11.8 Å². The Morgan fingerprint density at radius 2 is 2.10 bits per heavy atom. The topological polar surface area (TPSA) is 80.9 Å². The minimum atomic E-state index is -1.02. The van der Waals surface area contributed by atoms with Gasteiger partial charge >= 0.3 is 5.97 Å². The number of hydrogen-bond acceptors (Lipinski definition) is 5. The molecule has 2 fully saturated rings. The maximum atomic E-state index is 11.2. The van der Waals surface area contributed by atoms with Gasteiger partial charge in [-0.05, 0) is 49.6 Å². The second-order valence-corrected chi connectivity index (χ2v) is 6.48. The predicted octanol–water partition coefficient (Wildman–Crippen LogP) is 2.73. The third-order valence-corrected chi connectivity index (χ3v) is 4.73. The molecule has 0 amide bonds. The van der Waals surface area contributed by atoms with E-state index in [0.717, 1.165) is 23.8 Å². The highest BCUT2D eigenvalue weighted by Crippen LogP contribution is 2.46. The van der Waals surface area contributed by atoms with Gasteiger partial charge in [0.15, 0.2) is 10.9 Å². The number of carboxylic acid groups (broad SMARTS) is 1. The second-order valence-electron chi connectivity index (χ2n) is 5.47. The Labute approximate surface area is 125 Å². The molecule has 0 bridgehead atoms. The Hall–Kier alpha value is -1.89. The van der Waals surface area contributed by atoms with Gasteiger partial charge in [-0.15, -0.1) is 10.2 Å². The molecule has 2 aromatic rings. The van der Waals surface area contributed by atoms with Crippen molar-refractivity contribution in [1.82, 2.24) is 19.7 Å². The third kappa shape index (κ3) is 2.42. The summed E-state index contributed by atoms with van der Waals surface area (Å²) in [6.07, 6.45) is 6.18. The molecule has 0 aliphatic heterocycles. The van der Waals surface area contributed by atoms with Gasteiger partial charge < -0.3 is 9.67 Å². The first-order valence-corrected chi connectivity index (χ1v) is 7.86. The quantitative estimate of drug-likeness (QED) is 0.914. The monoisotopic (exact) mass is 302 g/mol. The molecule has 2 aliphatic carbocycles. The fourth-order valence-corrected chi connectivity index (χ4v) is 3.39. The van der Waals surface area contributed by atoms with Crippen LogP contribution in [0.15, 0.2) is 28.4 Å². The summed E-state index contributed by atoms with van der Waals surface area (Å²) in [6.45, 7) is 0. The van der Waals surface area contributed by atoms with Gasteiger partial charge in [0, 0.05) is 23.1 Å². The van der Waals surface area contributed by atoms with Gasteiger partial charge in [0.2, 0.25) is 0 Å². The number of rotatable bonds is 5. The molecule has 4 rings (SSSR count). The number of aromatic carboxylic acids is 1. The van der Waals surface area contributed by atoms with Gasteiger partial charge in [0.25, 0.3) is 0 Å². The summed E-state index contributed by atoms with van der Waals surface area (Å²) in [6, 6.07) is 4.00. The Morgan fingerprint density at radius 3 is 2.76 bits per heavy atom. The van der Waals surface area contributed by atoms with Crippen molar-refractivity contribution >= 4 is 17.7 Å². The molecule has 108 valence electrons. The molecular formula is C14H14N4O2S. The lowest BCUT2D eigenvalue weighted by atomic mass is 10.3. The van der Waals surface area contributed by atoms with E-state index in [9.17, 15) is 9.90 Å². The summed E-state index contributed by atoms with van der Waals surface area (Å²) in [4.78, 5) is 15.8. The van der Waals surface area contributed by atoms with E-state index in [2.05, 4.69) is 19.7 Å². The standard InChI is InChI=1S/C14H14N4O2S/c19-13(20)11-10(2-1-7-15-11)21-14-17-16-12(8-3-4-8)18(14)9-5-6-9/h1-2,7-9H,3-6H2,(H,19,20). The lowest BCUT2D eigenvalue weighted by molar-refractivity contribution is 0.0686. The molecule has 2 heterocycles. The molecule has 0 saturated heterocycles. The Morgan fingerprint density at radius 1 is 1.29 bits per heavy atom. The molecule has 0 aromatic carbocycles. The van der Waals surface area contributed by atoms with Crippen molar-refractivity contribution in [3.63, 3.8) is 0 Å². The highest BCUT2D eigenvalue weighted by atomic mass is 32.2. The number of carboxylic acids is 1. The normalized spacial score (nSPS) is 17.9. The average molecular weight is 302 g/mol. The van der Waals surface area contributed by atoms with E-state index in [-0.39, 0.29) is 5.69 Å². The van der Waals surface area contributed by atoms with Gasteiger partial charge in [-0.25, -0.2) is 9.78 Å². The average Bonchev–Trinajstić information content (AvgIpc) is 3.39. The number of nitrogens with zero attached hydrogens (tertiary/aromatic N) is 4. The largest absolute Gasteiger partial charge is 0.476 e. The fraction of sp³-hybridized carbons (Fsp3) is 0.429. The fourth-order valence-electron chi connectivity index (χ4n) is 2.39. The smallest absolute Gasteiger partial charge is 0.355 e. The zero-order valence-corrected chi connectivity index (χ0v) is 12.1. The van der Waals surface area contributed by atoms with Crippen molar-refractivity contribution in [2.24, 2.45) is 0 Å². The van der Waals surface area contributed by atoms with Crippen molar-refractivity contribution in [1.29, 1.82) is 0 Å². The van der Waals surface area contributed by atoms with Gasteiger partial charge in [-0.2, -0.15) is 0 Å².